The Hall–Kier alpha value is -2.15. The van der Waals surface area contributed by atoms with Crippen LogP contribution in [0.5, 0.6) is 0 Å². The number of aromatic nitrogens is 2. The van der Waals surface area contributed by atoms with Gasteiger partial charge in [0, 0.05) is 35.1 Å². The first-order valence-electron chi connectivity index (χ1n) is 10.2. The van der Waals surface area contributed by atoms with Gasteiger partial charge in [0.05, 0.1) is 3.42 Å². The second-order valence-electron chi connectivity index (χ2n) is 8.16. The number of rotatable bonds is 3. The maximum absolute atomic E-state index is 4.81. The van der Waals surface area contributed by atoms with Crippen molar-refractivity contribution in [2.24, 2.45) is 11.3 Å². The van der Waals surface area contributed by atoms with E-state index in [1.54, 1.807) is 12.4 Å². The molecule has 0 radical (unpaired) electrons. The summed E-state index contributed by atoms with van der Waals surface area (Å²) >= 11 is 2.72. The van der Waals surface area contributed by atoms with Gasteiger partial charge in [0.15, 0.2) is 11.6 Å². The molecule has 4 atom stereocenters. The lowest BCUT2D eigenvalue weighted by Gasteiger charge is -2.60. The number of halogens is 1. The van der Waals surface area contributed by atoms with E-state index in [-0.39, 0.29) is 15.0 Å². The molecule has 148 valence electrons. The molecule has 1 saturated heterocycles. The maximum Gasteiger partial charge on any atom is 0.178 e. The van der Waals surface area contributed by atoms with Gasteiger partial charge >= 0.3 is 0 Å². The minimum absolute atomic E-state index is 0.0740. The molecule has 0 amide bonds. The number of piperidine rings is 1. The molecule has 1 aliphatic carbocycles. The van der Waals surface area contributed by atoms with Gasteiger partial charge in [-0.1, -0.05) is 72.9 Å². The molecule has 2 aromatic rings. The number of alkyl halides is 1. The van der Waals surface area contributed by atoms with Gasteiger partial charge in [-0.25, -0.2) is 9.97 Å². The van der Waals surface area contributed by atoms with Crippen molar-refractivity contribution in [2.75, 3.05) is 9.80 Å². The molecule has 5 rings (SSSR count). The lowest BCUT2D eigenvalue weighted by atomic mass is 9.59. The maximum atomic E-state index is 4.81. The predicted molar refractivity (Wildman–Crippen MR) is 128 cm³/mol. The van der Waals surface area contributed by atoms with Crippen molar-refractivity contribution in [3.63, 3.8) is 0 Å². The molecular weight excluding hydrogens is 471 g/mol. The first kappa shape index (κ1) is 18.9. The van der Waals surface area contributed by atoms with Crippen molar-refractivity contribution in [1.29, 1.82) is 0 Å². The fraction of sp³-hybridized carbons (Fsp3) is 0.333. The summed E-state index contributed by atoms with van der Waals surface area (Å²) in [5.41, 5.74) is 2.39. The summed E-state index contributed by atoms with van der Waals surface area (Å²) in [7, 11) is 0. The van der Waals surface area contributed by atoms with E-state index in [0.717, 1.165) is 30.2 Å². The van der Waals surface area contributed by atoms with Gasteiger partial charge in [-0.2, -0.15) is 0 Å². The van der Waals surface area contributed by atoms with Crippen LogP contribution in [0.4, 0.5) is 17.3 Å². The minimum Gasteiger partial charge on any atom is -0.304 e. The van der Waals surface area contributed by atoms with Gasteiger partial charge in [0.1, 0.15) is 6.17 Å². The van der Waals surface area contributed by atoms with E-state index >= 15 is 0 Å². The van der Waals surface area contributed by atoms with Crippen LogP contribution in [0, 0.1) is 11.3 Å². The first-order valence-corrected chi connectivity index (χ1v) is 11.3. The molecule has 1 aromatic heterocycles. The quantitative estimate of drug-likeness (QED) is 0.296. The van der Waals surface area contributed by atoms with E-state index in [1.807, 2.05) is 0 Å². The van der Waals surface area contributed by atoms with Gasteiger partial charge in [-0.15, -0.1) is 6.58 Å². The van der Waals surface area contributed by atoms with Crippen LogP contribution in [-0.4, -0.2) is 19.6 Å². The van der Waals surface area contributed by atoms with Gasteiger partial charge in [0.2, 0.25) is 0 Å². The van der Waals surface area contributed by atoms with Crippen LogP contribution < -0.4 is 9.80 Å². The Morgan fingerprint density at radius 3 is 2.52 bits per heavy atom. The number of benzene rings is 1. The topological polar surface area (TPSA) is 32.3 Å². The number of hydrogen-bond acceptors (Lipinski definition) is 4. The fourth-order valence-electron chi connectivity index (χ4n) is 5.40. The summed E-state index contributed by atoms with van der Waals surface area (Å²) in [6, 6.07) is 10.6. The lowest BCUT2D eigenvalue weighted by Crippen LogP contribution is -2.67. The number of nitrogens with zero attached hydrogens (tertiary/aromatic N) is 4. The molecule has 2 aliphatic heterocycles. The van der Waals surface area contributed by atoms with Gasteiger partial charge in [-0.05, 0) is 31.1 Å². The zero-order valence-corrected chi connectivity index (χ0v) is 19.0. The Labute approximate surface area is 186 Å². The first-order chi connectivity index (χ1) is 14.1. The molecule has 4 unspecified atom stereocenters. The van der Waals surface area contributed by atoms with Crippen molar-refractivity contribution in [2.45, 2.75) is 36.3 Å². The standard InChI is InChI=1S/C24H25IN4/c1-4-23(3)18-13-9-10-14-19(18)29-21-20(26-15-16-27-21)28(17-11-7-6-8-12-17)22(29)24(23,25)5-2/h4,6-12,14-16,18,22H,1,5,13H2,2-3H3. The van der Waals surface area contributed by atoms with Crippen LogP contribution in [0.3, 0.4) is 0 Å². The number of hydrogen-bond donors (Lipinski definition) is 0. The Bertz CT molecular complexity index is 1020. The molecule has 1 aromatic carbocycles. The van der Waals surface area contributed by atoms with Crippen molar-refractivity contribution in [3.05, 3.63) is 79.3 Å². The van der Waals surface area contributed by atoms with E-state index < -0.39 is 0 Å². The average Bonchev–Trinajstić information content (AvgIpc) is 3.14. The third-order valence-corrected chi connectivity index (χ3v) is 9.50. The Morgan fingerprint density at radius 2 is 1.86 bits per heavy atom. The molecule has 5 heteroatoms. The third kappa shape index (κ3) is 2.37. The van der Waals surface area contributed by atoms with Gasteiger partial charge < -0.3 is 9.80 Å². The van der Waals surface area contributed by atoms with E-state index in [4.69, 9.17) is 9.97 Å². The molecule has 0 bridgehead atoms. The highest BCUT2D eigenvalue weighted by atomic mass is 127. The Morgan fingerprint density at radius 1 is 1.17 bits per heavy atom. The van der Waals surface area contributed by atoms with Crippen LogP contribution >= 0.6 is 22.6 Å². The molecular formula is C24H25IN4. The van der Waals surface area contributed by atoms with E-state index in [0.29, 0.717) is 5.92 Å². The Balaban J connectivity index is 1.82. The fourth-order valence-corrected chi connectivity index (χ4v) is 6.55. The third-order valence-electron chi connectivity index (χ3n) is 7.02. The molecule has 3 aliphatic rings. The molecule has 0 spiro atoms. The van der Waals surface area contributed by atoms with Crippen LogP contribution in [0.15, 0.2) is 79.3 Å². The van der Waals surface area contributed by atoms with Crippen molar-refractivity contribution in [3.8, 4) is 0 Å². The SMILES string of the molecule is C=CC1(C)C2CC=CC=C2N2c3nccnc3N(c3ccccc3)C2C1(I)CC. The highest BCUT2D eigenvalue weighted by Crippen LogP contribution is 2.64. The summed E-state index contributed by atoms with van der Waals surface area (Å²) in [5.74, 6) is 2.25. The molecule has 29 heavy (non-hydrogen) atoms. The summed E-state index contributed by atoms with van der Waals surface area (Å²) in [5, 5.41) is 0. The monoisotopic (exact) mass is 496 g/mol. The molecule has 4 nitrogen and oxygen atoms in total. The second-order valence-corrected chi connectivity index (χ2v) is 10.1. The largest absolute Gasteiger partial charge is 0.304 e. The van der Waals surface area contributed by atoms with Crippen molar-refractivity contribution < 1.29 is 0 Å². The van der Waals surface area contributed by atoms with Gasteiger partial charge in [0.25, 0.3) is 0 Å². The van der Waals surface area contributed by atoms with Crippen molar-refractivity contribution in [1.82, 2.24) is 9.97 Å². The second kappa shape index (κ2) is 6.69. The van der Waals surface area contributed by atoms with Crippen LogP contribution in [0.25, 0.3) is 0 Å². The average molecular weight is 496 g/mol. The summed E-state index contributed by atoms with van der Waals surface area (Å²) in [4.78, 5) is 14.4. The predicted octanol–water partition coefficient (Wildman–Crippen LogP) is 6.01. The lowest BCUT2D eigenvalue weighted by molar-refractivity contribution is 0.157. The number of allylic oxidation sites excluding steroid dienone is 5. The summed E-state index contributed by atoms with van der Waals surface area (Å²) in [6.45, 7) is 9.01. The summed E-state index contributed by atoms with van der Waals surface area (Å²) < 4.78 is -0.0854. The van der Waals surface area contributed by atoms with Crippen LogP contribution in [-0.2, 0) is 0 Å². The highest BCUT2D eigenvalue weighted by molar-refractivity contribution is 14.1. The van der Waals surface area contributed by atoms with Gasteiger partial charge in [-0.3, -0.25) is 0 Å². The van der Waals surface area contributed by atoms with E-state index in [2.05, 4.69) is 107 Å². The minimum atomic E-state index is -0.0854. The Kier molecular flexibility index (Phi) is 4.35. The highest BCUT2D eigenvalue weighted by Gasteiger charge is 2.65. The number of para-hydroxylation sites is 1. The summed E-state index contributed by atoms with van der Waals surface area (Å²) in [6.07, 6.45) is 14.6. The smallest absolute Gasteiger partial charge is 0.178 e. The van der Waals surface area contributed by atoms with E-state index in [9.17, 15) is 0 Å². The zero-order valence-electron chi connectivity index (χ0n) is 16.8. The zero-order chi connectivity index (χ0) is 20.2. The van der Waals surface area contributed by atoms with Crippen molar-refractivity contribution >= 4 is 39.9 Å². The van der Waals surface area contributed by atoms with Crippen LogP contribution in [0.1, 0.15) is 26.7 Å². The molecule has 0 N–H and O–H groups in total. The molecule has 0 saturated carbocycles. The molecule has 1 fully saturated rings. The number of anilines is 3. The van der Waals surface area contributed by atoms with Crippen LogP contribution in [0.2, 0.25) is 0 Å². The van der Waals surface area contributed by atoms with E-state index in [1.165, 1.54) is 5.70 Å². The normalized spacial score (nSPS) is 32.3. The number of fused-ring (bicyclic) bond motifs is 5. The molecule has 3 heterocycles.